The summed E-state index contributed by atoms with van der Waals surface area (Å²) in [5.41, 5.74) is 1.67. The Morgan fingerprint density at radius 2 is 1.66 bits per heavy atom. The van der Waals surface area contributed by atoms with Crippen LogP contribution >= 0.6 is 11.3 Å². The van der Waals surface area contributed by atoms with Crippen LogP contribution in [0, 0.1) is 5.92 Å². The molecule has 164 valence electrons. The number of anilines is 1. The van der Waals surface area contributed by atoms with Crippen molar-refractivity contribution >= 4 is 34.7 Å². The predicted octanol–water partition coefficient (Wildman–Crippen LogP) is 2.96. The van der Waals surface area contributed by atoms with Crippen molar-refractivity contribution < 1.29 is 14.4 Å². The normalized spacial score (nSPS) is 15.8. The van der Waals surface area contributed by atoms with Crippen LogP contribution in [-0.2, 0) is 11.3 Å². The zero-order valence-electron chi connectivity index (χ0n) is 17.4. The lowest BCUT2D eigenvalue weighted by Crippen LogP contribution is -2.45. The van der Waals surface area contributed by atoms with Crippen LogP contribution in [0.4, 0.5) is 5.69 Å². The van der Waals surface area contributed by atoms with Crippen molar-refractivity contribution in [2.24, 2.45) is 5.92 Å². The molecule has 8 nitrogen and oxygen atoms in total. The van der Waals surface area contributed by atoms with Crippen molar-refractivity contribution in [3.8, 4) is 0 Å². The Balaban J connectivity index is 1.34. The van der Waals surface area contributed by atoms with Crippen LogP contribution in [0.25, 0.3) is 0 Å². The first-order chi connectivity index (χ1) is 15.6. The molecule has 1 atom stereocenters. The molecule has 2 N–H and O–H groups in total. The van der Waals surface area contributed by atoms with Gasteiger partial charge >= 0.3 is 0 Å². The molecule has 2 heterocycles. The summed E-state index contributed by atoms with van der Waals surface area (Å²) in [7, 11) is 0. The van der Waals surface area contributed by atoms with Crippen molar-refractivity contribution in [1.29, 1.82) is 0 Å². The fraction of sp³-hybridized carbons (Fsp3) is 0.261. The summed E-state index contributed by atoms with van der Waals surface area (Å²) in [4.78, 5) is 39.5. The minimum absolute atomic E-state index is 0.0634. The molecule has 0 radical (unpaired) electrons. The highest BCUT2D eigenvalue weighted by Gasteiger charge is 2.30. The molecule has 3 amide bonds. The Bertz CT molecular complexity index is 1090. The van der Waals surface area contributed by atoms with Crippen LogP contribution in [-0.4, -0.2) is 45.9 Å². The number of carbonyl (C=O) groups is 3. The lowest BCUT2D eigenvalue weighted by molar-refractivity contribution is -0.126. The van der Waals surface area contributed by atoms with E-state index < -0.39 is 5.91 Å². The first kappa shape index (κ1) is 21.6. The van der Waals surface area contributed by atoms with E-state index in [1.807, 2.05) is 48.5 Å². The molecule has 1 saturated heterocycles. The lowest BCUT2D eigenvalue weighted by Gasteiger charge is -2.31. The van der Waals surface area contributed by atoms with Crippen LogP contribution in [0.15, 0.2) is 60.7 Å². The summed E-state index contributed by atoms with van der Waals surface area (Å²) < 4.78 is 0. The van der Waals surface area contributed by atoms with Crippen molar-refractivity contribution in [2.75, 3.05) is 18.4 Å². The summed E-state index contributed by atoms with van der Waals surface area (Å²) in [5, 5.41) is 13.7. The Labute approximate surface area is 189 Å². The highest BCUT2D eigenvalue weighted by Crippen LogP contribution is 2.21. The van der Waals surface area contributed by atoms with Gasteiger partial charge in [-0.15, -0.1) is 10.2 Å². The summed E-state index contributed by atoms with van der Waals surface area (Å²) in [6, 6.07) is 18.7. The molecule has 2 aromatic carbocycles. The number of aromatic nitrogens is 2. The Morgan fingerprint density at radius 1 is 0.969 bits per heavy atom. The third-order valence-electron chi connectivity index (χ3n) is 5.22. The molecular weight excluding hydrogens is 426 g/mol. The minimum atomic E-state index is -0.412. The third kappa shape index (κ3) is 5.36. The molecule has 0 saturated carbocycles. The van der Waals surface area contributed by atoms with E-state index in [4.69, 9.17) is 0 Å². The minimum Gasteiger partial charge on any atom is -0.352 e. The largest absolute Gasteiger partial charge is 0.352 e. The number of likely N-dealkylation sites (tertiary alicyclic amines) is 1. The second kappa shape index (κ2) is 10.1. The molecule has 1 aromatic heterocycles. The van der Waals surface area contributed by atoms with Gasteiger partial charge in [0, 0.05) is 25.3 Å². The standard InChI is InChI=1S/C23H23N5O3S/c29-19(24-14-16-8-3-1-4-9-16)17-10-7-13-28(15-17)23(31)22-27-26-21(32-22)20(30)25-18-11-5-2-6-12-18/h1-6,8-9,11-12,17H,7,10,13-15H2,(H,24,29)(H,25,30)/t17-/m0/s1. The molecule has 0 aliphatic carbocycles. The molecule has 0 unspecified atom stereocenters. The van der Waals surface area contributed by atoms with Crippen molar-refractivity contribution in [1.82, 2.24) is 20.4 Å². The average molecular weight is 450 g/mol. The lowest BCUT2D eigenvalue weighted by atomic mass is 9.97. The van der Waals surface area contributed by atoms with Gasteiger partial charge in [-0.25, -0.2) is 0 Å². The predicted molar refractivity (Wildman–Crippen MR) is 121 cm³/mol. The summed E-state index contributed by atoms with van der Waals surface area (Å²) in [5.74, 6) is -1.05. The smallest absolute Gasteiger partial charge is 0.286 e. The molecule has 32 heavy (non-hydrogen) atoms. The Morgan fingerprint density at radius 3 is 2.41 bits per heavy atom. The first-order valence-electron chi connectivity index (χ1n) is 10.4. The number of nitrogens with zero attached hydrogens (tertiary/aromatic N) is 3. The molecule has 1 aliphatic rings. The van der Waals surface area contributed by atoms with Crippen LogP contribution in [0.2, 0.25) is 0 Å². The average Bonchev–Trinajstić information content (AvgIpc) is 3.34. The van der Waals surface area contributed by atoms with Crippen LogP contribution in [0.3, 0.4) is 0 Å². The summed E-state index contributed by atoms with van der Waals surface area (Å²) in [6.45, 7) is 1.33. The van der Waals surface area contributed by atoms with Gasteiger partial charge in [-0.3, -0.25) is 14.4 Å². The SMILES string of the molecule is O=C(Nc1ccccc1)c1nnc(C(=O)N2CCC[C@H](C(=O)NCc3ccccc3)C2)s1. The third-order valence-corrected chi connectivity index (χ3v) is 6.13. The number of piperidine rings is 1. The number of nitrogens with one attached hydrogen (secondary N) is 2. The molecule has 9 heteroatoms. The van der Waals surface area contributed by atoms with Gasteiger partial charge in [0.05, 0.1) is 5.92 Å². The van der Waals surface area contributed by atoms with E-state index in [1.54, 1.807) is 17.0 Å². The molecule has 1 fully saturated rings. The maximum absolute atomic E-state index is 12.9. The summed E-state index contributed by atoms with van der Waals surface area (Å²) in [6.07, 6.45) is 1.46. The van der Waals surface area contributed by atoms with Gasteiger partial charge in [0.15, 0.2) is 0 Å². The van der Waals surface area contributed by atoms with E-state index in [-0.39, 0.29) is 27.7 Å². The number of amides is 3. The second-order valence-electron chi connectivity index (χ2n) is 7.53. The van der Waals surface area contributed by atoms with E-state index in [0.717, 1.165) is 29.7 Å². The monoisotopic (exact) mass is 449 g/mol. The van der Waals surface area contributed by atoms with E-state index in [1.165, 1.54) is 0 Å². The van der Waals surface area contributed by atoms with Gasteiger partial charge in [0.1, 0.15) is 0 Å². The number of hydrogen-bond acceptors (Lipinski definition) is 6. The molecule has 1 aliphatic heterocycles. The molecule has 0 bridgehead atoms. The second-order valence-corrected chi connectivity index (χ2v) is 8.50. The fourth-order valence-electron chi connectivity index (χ4n) is 3.55. The zero-order valence-corrected chi connectivity index (χ0v) is 18.2. The highest BCUT2D eigenvalue weighted by atomic mass is 32.1. The highest BCUT2D eigenvalue weighted by molar-refractivity contribution is 7.15. The van der Waals surface area contributed by atoms with Crippen LogP contribution < -0.4 is 10.6 Å². The maximum Gasteiger partial charge on any atom is 0.286 e. The van der Waals surface area contributed by atoms with Gasteiger partial charge in [-0.05, 0) is 30.5 Å². The number of para-hydroxylation sites is 1. The van der Waals surface area contributed by atoms with Crippen molar-refractivity contribution in [2.45, 2.75) is 19.4 Å². The molecular formula is C23H23N5O3S. The van der Waals surface area contributed by atoms with Crippen molar-refractivity contribution in [3.63, 3.8) is 0 Å². The van der Waals surface area contributed by atoms with Gasteiger partial charge in [0.2, 0.25) is 15.9 Å². The molecule has 0 spiro atoms. The summed E-state index contributed by atoms with van der Waals surface area (Å²) >= 11 is 0.953. The van der Waals surface area contributed by atoms with Gasteiger partial charge in [0.25, 0.3) is 11.8 Å². The Kier molecular flexibility index (Phi) is 6.86. The maximum atomic E-state index is 12.9. The fourth-order valence-corrected chi connectivity index (χ4v) is 4.25. The number of benzene rings is 2. The van der Waals surface area contributed by atoms with E-state index in [9.17, 15) is 14.4 Å². The van der Waals surface area contributed by atoms with Crippen LogP contribution in [0.1, 0.15) is 38.0 Å². The topological polar surface area (TPSA) is 104 Å². The van der Waals surface area contributed by atoms with Gasteiger partial charge in [-0.2, -0.15) is 0 Å². The molecule has 3 aromatic rings. The van der Waals surface area contributed by atoms with Gasteiger partial charge < -0.3 is 15.5 Å². The first-order valence-corrected chi connectivity index (χ1v) is 11.2. The zero-order chi connectivity index (χ0) is 22.3. The van der Waals surface area contributed by atoms with Crippen LogP contribution in [0.5, 0.6) is 0 Å². The number of rotatable bonds is 6. The molecule has 4 rings (SSSR count). The quantitative estimate of drug-likeness (QED) is 0.602. The number of carbonyl (C=O) groups excluding carboxylic acids is 3. The Hall–Kier alpha value is -3.59. The van der Waals surface area contributed by atoms with Gasteiger partial charge in [-0.1, -0.05) is 59.9 Å². The van der Waals surface area contributed by atoms with E-state index >= 15 is 0 Å². The number of hydrogen-bond donors (Lipinski definition) is 2. The van der Waals surface area contributed by atoms with Crippen molar-refractivity contribution in [3.05, 3.63) is 76.2 Å². The van der Waals surface area contributed by atoms with E-state index in [2.05, 4.69) is 20.8 Å². The van der Waals surface area contributed by atoms with E-state index in [0.29, 0.717) is 25.3 Å².